The lowest BCUT2D eigenvalue weighted by atomic mass is 9.93. The molecule has 1 aromatic heterocycles. The predicted molar refractivity (Wildman–Crippen MR) is 116 cm³/mol. The molecule has 2 heterocycles. The Hall–Kier alpha value is -1.27. The summed E-state index contributed by atoms with van der Waals surface area (Å²) in [5.41, 5.74) is 1.92. The Morgan fingerprint density at radius 3 is 2.71 bits per heavy atom. The molecule has 0 N–H and O–H groups in total. The van der Waals surface area contributed by atoms with Crippen molar-refractivity contribution in [2.75, 3.05) is 25.5 Å². The van der Waals surface area contributed by atoms with E-state index in [1.54, 1.807) is 23.5 Å². The Balaban J connectivity index is 1.94. The van der Waals surface area contributed by atoms with Gasteiger partial charge >= 0.3 is 0 Å². The molecule has 0 fully saturated rings. The molecular formula is C20H21Cl3N2O2S. The highest BCUT2D eigenvalue weighted by Crippen LogP contribution is 2.41. The maximum Gasteiger partial charge on any atom is 0.242 e. The van der Waals surface area contributed by atoms with E-state index in [1.165, 1.54) is 9.78 Å². The molecule has 1 aliphatic rings. The highest BCUT2D eigenvalue weighted by molar-refractivity contribution is 7.10. The van der Waals surface area contributed by atoms with Gasteiger partial charge in [0.25, 0.3) is 0 Å². The molecular weight excluding hydrogens is 439 g/mol. The fourth-order valence-electron chi connectivity index (χ4n) is 3.54. The molecule has 0 saturated heterocycles. The summed E-state index contributed by atoms with van der Waals surface area (Å²) in [5.74, 6) is -0.472. The highest BCUT2D eigenvalue weighted by Gasteiger charge is 2.34. The molecule has 4 nitrogen and oxygen atoms in total. The van der Waals surface area contributed by atoms with Crippen molar-refractivity contribution in [3.63, 3.8) is 0 Å². The normalized spacial score (nSPS) is 16.0. The molecule has 1 aliphatic heterocycles. The largest absolute Gasteiger partial charge is 0.332 e. The van der Waals surface area contributed by atoms with Crippen molar-refractivity contribution in [3.05, 3.63) is 55.7 Å². The molecule has 0 saturated carbocycles. The Morgan fingerprint density at radius 1 is 1.25 bits per heavy atom. The zero-order valence-electron chi connectivity index (χ0n) is 15.5. The van der Waals surface area contributed by atoms with Crippen molar-refractivity contribution in [2.45, 2.75) is 25.8 Å². The fraction of sp³-hybridized carbons (Fsp3) is 0.400. The van der Waals surface area contributed by atoms with E-state index in [0.29, 0.717) is 23.1 Å². The van der Waals surface area contributed by atoms with Gasteiger partial charge in [0.05, 0.1) is 12.6 Å². The van der Waals surface area contributed by atoms with E-state index in [0.717, 1.165) is 24.0 Å². The lowest BCUT2D eigenvalue weighted by Crippen LogP contribution is -2.47. The summed E-state index contributed by atoms with van der Waals surface area (Å²) in [6.45, 7) is 3.06. The summed E-state index contributed by atoms with van der Waals surface area (Å²) in [4.78, 5) is 29.9. The number of thiophene rings is 1. The number of halogens is 3. The van der Waals surface area contributed by atoms with Crippen LogP contribution in [-0.4, -0.2) is 47.1 Å². The standard InChI is InChI=1S/C20H21Cl3N2O2S/c1-2-7-24(18(26)11-21)12-19(27)25-8-5-17-15(6-9-28-17)20(25)14-4-3-13(22)10-16(14)23/h3-4,6,9-10,20H,2,5,7-8,11-12H2,1H3. The molecule has 8 heteroatoms. The lowest BCUT2D eigenvalue weighted by Gasteiger charge is -2.38. The number of hydrogen-bond acceptors (Lipinski definition) is 3. The smallest absolute Gasteiger partial charge is 0.242 e. The van der Waals surface area contributed by atoms with Gasteiger partial charge in [-0.1, -0.05) is 36.2 Å². The summed E-state index contributed by atoms with van der Waals surface area (Å²) < 4.78 is 0. The number of hydrogen-bond donors (Lipinski definition) is 0. The van der Waals surface area contributed by atoms with Crippen LogP contribution < -0.4 is 0 Å². The van der Waals surface area contributed by atoms with Crippen LogP contribution in [0.4, 0.5) is 0 Å². The first-order valence-electron chi connectivity index (χ1n) is 9.10. The quantitative estimate of drug-likeness (QED) is 0.570. The van der Waals surface area contributed by atoms with Crippen molar-refractivity contribution < 1.29 is 9.59 Å². The third kappa shape index (κ3) is 4.48. The number of amides is 2. The van der Waals surface area contributed by atoms with Gasteiger partial charge in [0.2, 0.25) is 11.8 Å². The van der Waals surface area contributed by atoms with Crippen molar-refractivity contribution in [3.8, 4) is 0 Å². The van der Waals surface area contributed by atoms with Crippen LogP contribution in [0, 0.1) is 0 Å². The van der Waals surface area contributed by atoms with E-state index >= 15 is 0 Å². The molecule has 0 aliphatic carbocycles. The second kappa shape index (κ2) is 9.49. The number of carbonyl (C=O) groups excluding carboxylic acids is 2. The second-order valence-electron chi connectivity index (χ2n) is 6.65. The second-order valence-corrected chi connectivity index (χ2v) is 8.77. The summed E-state index contributed by atoms with van der Waals surface area (Å²) in [5, 5.41) is 3.11. The van der Waals surface area contributed by atoms with Gasteiger partial charge in [-0.25, -0.2) is 0 Å². The molecule has 1 atom stereocenters. The van der Waals surface area contributed by atoms with Crippen LogP contribution in [0.2, 0.25) is 10.0 Å². The van der Waals surface area contributed by atoms with Crippen molar-refractivity contribution in [1.29, 1.82) is 0 Å². The zero-order valence-corrected chi connectivity index (χ0v) is 18.5. The van der Waals surface area contributed by atoms with Crippen molar-refractivity contribution >= 4 is 58.0 Å². The molecule has 2 aromatic rings. The van der Waals surface area contributed by atoms with Gasteiger partial charge in [0.15, 0.2) is 0 Å². The monoisotopic (exact) mass is 458 g/mol. The minimum atomic E-state index is -0.290. The van der Waals surface area contributed by atoms with Gasteiger partial charge in [0, 0.05) is 28.0 Å². The molecule has 3 rings (SSSR count). The van der Waals surface area contributed by atoms with Crippen LogP contribution in [0.3, 0.4) is 0 Å². The van der Waals surface area contributed by atoms with Gasteiger partial charge in [-0.15, -0.1) is 22.9 Å². The molecule has 0 bridgehead atoms. The average Bonchev–Trinajstić information content (AvgIpc) is 3.15. The molecule has 2 amide bonds. The number of rotatable bonds is 6. The molecule has 150 valence electrons. The Bertz CT molecular complexity index is 871. The number of nitrogens with zero attached hydrogens (tertiary/aromatic N) is 2. The zero-order chi connectivity index (χ0) is 20.3. The maximum atomic E-state index is 13.2. The first-order valence-corrected chi connectivity index (χ1v) is 11.3. The van der Waals surface area contributed by atoms with Crippen LogP contribution in [0.25, 0.3) is 0 Å². The lowest BCUT2D eigenvalue weighted by molar-refractivity contribution is -0.140. The maximum absolute atomic E-state index is 13.2. The summed E-state index contributed by atoms with van der Waals surface area (Å²) in [7, 11) is 0. The first kappa shape index (κ1) is 21.4. The van der Waals surface area contributed by atoms with Gasteiger partial charge < -0.3 is 9.80 Å². The summed E-state index contributed by atoms with van der Waals surface area (Å²) in [6, 6.07) is 7.11. The Kier molecular flexibility index (Phi) is 7.26. The first-order chi connectivity index (χ1) is 13.5. The molecule has 28 heavy (non-hydrogen) atoms. The van der Waals surface area contributed by atoms with Crippen LogP contribution in [-0.2, 0) is 16.0 Å². The Morgan fingerprint density at radius 2 is 2.04 bits per heavy atom. The van der Waals surface area contributed by atoms with Crippen LogP contribution in [0.1, 0.15) is 35.4 Å². The van der Waals surface area contributed by atoms with E-state index in [4.69, 9.17) is 34.8 Å². The highest BCUT2D eigenvalue weighted by atomic mass is 35.5. The third-order valence-corrected chi connectivity index (χ3v) is 6.62. The molecule has 1 aromatic carbocycles. The van der Waals surface area contributed by atoms with E-state index in [1.807, 2.05) is 29.3 Å². The van der Waals surface area contributed by atoms with Crippen LogP contribution in [0.15, 0.2) is 29.6 Å². The Labute approximate surface area is 184 Å². The number of benzene rings is 1. The van der Waals surface area contributed by atoms with E-state index in [9.17, 15) is 9.59 Å². The van der Waals surface area contributed by atoms with Crippen molar-refractivity contribution in [2.24, 2.45) is 0 Å². The van der Waals surface area contributed by atoms with E-state index < -0.39 is 0 Å². The average molecular weight is 460 g/mol. The SMILES string of the molecule is CCCN(CC(=O)N1CCc2sccc2C1c1ccc(Cl)cc1Cl)C(=O)CCl. The van der Waals surface area contributed by atoms with Gasteiger partial charge in [-0.3, -0.25) is 9.59 Å². The topological polar surface area (TPSA) is 40.6 Å². The fourth-order valence-corrected chi connectivity index (χ4v) is 5.13. The minimum Gasteiger partial charge on any atom is -0.332 e. The number of fused-ring (bicyclic) bond motifs is 1. The van der Waals surface area contributed by atoms with Gasteiger partial charge in [-0.2, -0.15) is 0 Å². The van der Waals surface area contributed by atoms with Gasteiger partial charge in [0.1, 0.15) is 5.88 Å². The number of alkyl halides is 1. The summed E-state index contributed by atoms with van der Waals surface area (Å²) in [6.07, 6.45) is 1.55. The van der Waals surface area contributed by atoms with E-state index in [2.05, 4.69) is 0 Å². The van der Waals surface area contributed by atoms with Crippen LogP contribution in [0.5, 0.6) is 0 Å². The molecule has 0 radical (unpaired) electrons. The third-order valence-electron chi connectivity index (χ3n) is 4.83. The van der Waals surface area contributed by atoms with E-state index in [-0.39, 0.29) is 30.3 Å². The van der Waals surface area contributed by atoms with Crippen LogP contribution >= 0.6 is 46.1 Å². The molecule has 0 spiro atoms. The van der Waals surface area contributed by atoms with Gasteiger partial charge in [-0.05, 0) is 47.5 Å². The molecule has 1 unspecified atom stereocenters. The summed E-state index contributed by atoms with van der Waals surface area (Å²) >= 11 is 20.0. The predicted octanol–water partition coefficient (Wildman–Crippen LogP) is 5.01. The van der Waals surface area contributed by atoms with Crippen molar-refractivity contribution in [1.82, 2.24) is 9.80 Å². The minimum absolute atomic E-state index is 0.0145. The number of carbonyl (C=O) groups is 2.